The molecule has 0 aromatic rings. The molecule has 1 aliphatic carbocycles. The molecule has 2 nitrogen and oxygen atoms in total. The SMILES string of the molecule is CCC1CCCC(N(CC(C)C)CC2CCCN2)C1. The highest BCUT2D eigenvalue weighted by atomic mass is 15.2. The second kappa shape index (κ2) is 7.64. The summed E-state index contributed by atoms with van der Waals surface area (Å²) < 4.78 is 0. The van der Waals surface area contributed by atoms with Crippen LogP contribution in [0.15, 0.2) is 0 Å². The van der Waals surface area contributed by atoms with Crippen molar-refractivity contribution in [1.82, 2.24) is 10.2 Å². The van der Waals surface area contributed by atoms with Gasteiger partial charge in [-0.1, -0.05) is 40.0 Å². The summed E-state index contributed by atoms with van der Waals surface area (Å²) in [7, 11) is 0. The second-order valence-corrected chi connectivity index (χ2v) is 7.24. The Balaban J connectivity index is 1.90. The highest BCUT2D eigenvalue weighted by molar-refractivity contribution is 4.85. The average molecular weight is 266 g/mol. The van der Waals surface area contributed by atoms with E-state index in [1.54, 1.807) is 0 Å². The summed E-state index contributed by atoms with van der Waals surface area (Å²) in [5.41, 5.74) is 0. The van der Waals surface area contributed by atoms with E-state index in [1.807, 2.05) is 0 Å². The first-order chi connectivity index (χ1) is 9.19. The predicted octanol–water partition coefficient (Wildman–Crippen LogP) is 3.67. The molecule has 1 saturated carbocycles. The van der Waals surface area contributed by atoms with Crippen LogP contribution in [0.5, 0.6) is 0 Å². The normalized spacial score (nSPS) is 32.4. The smallest absolute Gasteiger partial charge is 0.0195 e. The Hall–Kier alpha value is -0.0800. The largest absolute Gasteiger partial charge is 0.313 e. The molecule has 0 bridgehead atoms. The van der Waals surface area contributed by atoms with Gasteiger partial charge < -0.3 is 5.32 Å². The zero-order valence-electron chi connectivity index (χ0n) is 13.3. The Kier molecular flexibility index (Phi) is 6.15. The highest BCUT2D eigenvalue weighted by Gasteiger charge is 2.28. The van der Waals surface area contributed by atoms with E-state index in [0.29, 0.717) is 0 Å². The van der Waals surface area contributed by atoms with Crippen LogP contribution in [-0.4, -0.2) is 36.6 Å². The van der Waals surface area contributed by atoms with Crippen LogP contribution in [0.25, 0.3) is 0 Å². The van der Waals surface area contributed by atoms with E-state index in [2.05, 4.69) is 31.0 Å². The Morgan fingerprint density at radius 1 is 1.16 bits per heavy atom. The van der Waals surface area contributed by atoms with Crippen molar-refractivity contribution in [2.24, 2.45) is 11.8 Å². The molecule has 0 aromatic carbocycles. The summed E-state index contributed by atoms with van der Waals surface area (Å²) in [6, 6.07) is 1.63. The molecule has 1 saturated heterocycles. The Morgan fingerprint density at radius 2 is 2.00 bits per heavy atom. The van der Waals surface area contributed by atoms with Crippen molar-refractivity contribution in [3.05, 3.63) is 0 Å². The van der Waals surface area contributed by atoms with E-state index in [1.165, 1.54) is 64.6 Å². The van der Waals surface area contributed by atoms with Crippen LogP contribution in [0.1, 0.15) is 65.7 Å². The van der Waals surface area contributed by atoms with Gasteiger partial charge in [-0.2, -0.15) is 0 Å². The molecule has 3 unspecified atom stereocenters. The van der Waals surface area contributed by atoms with Gasteiger partial charge in [0.2, 0.25) is 0 Å². The van der Waals surface area contributed by atoms with E-state index in [4.69, 9.17) is 0 Å². The van der Waals surface area contributed by atoms with Crippen molar-refractivity contribution >= 4 is 0 Å². The van der Waals surface area contributed by atoms with Crippen LogP contribution in [0.3, 0.4) is 0 Å². The van der Waals surface area contributed by atoms with Crippen molar-refractivity contribution in [1.29, 1.82) is 0 Å². The van der Waals surface area contributed by atoms with Crippen molar-refractivity contribution in [3.63, 3.8) is 0 Å². The van der Waals surface area contributed by atoms with Gasteiger partial charge in [-0.3, -0.25) is 4.90 Å². The Bertz CT molecular complexity index is 246. The lowest BCUT2D eigenvalue weighted by Gasteiger charge is -2.39. The average Bonchev–Trinajstić information content (AvgIpc) is 2.90. The zero-order chi connectivity index (χ0) is 13.7. The van der Waals surface area contributed by atoms with Gasteiger partial charge in [0.1, 0.15) is 0 Å². The molecule has 112 valence electrons. The fraction of sp³-hybridized carbons (Fsp3) is 1.00. The molecule has 0 spiro atoms. The first-order valence-corrected chi connectivity index (χ1v) is 8.66. The molecule has 2 fully saturated rings. The minimum atomic E-state index is 0.765. The van der Waals surface area contributed by atoms with E-state index in [9.17, 15) is 0 Å². The van der Waals surface area contributed by atoms with E-state index in [0.717, 1.165) is 23.9 Å². The quantitative estimate of drug-likeness (QED) is 0.789. The minimum absolute atomic E-state index is 0.765. The fourth-order valence-corrected chi connectivity index (χ4v) is 4.00. The summed E-state index contributed by atoms with van der Waals surface area (Å²) in [6.45, 7) is 10.9. The molecular formula is C17H34N2. The highest BCUT2D eigenvalue weighted by Crippen LogP contribution is 2.30. The van der Waals surface area contributed by atoms with Crippen molar-refractivity contribution < 1.29 is 0 Å². The molecule has 3 atom stereocenters. The molecule has 1 heterocycles. The van der Waals surface area contributed by atoms with Gasteiger partial charge in [0, 0.05) is 25.2 Å². The molecular weight excluding hydrogens is 232 g/mol. The fourth-order valence-electron chi connectivity index (χ4n) is 4.00. The predicted molar refractivity (Wildman–Crippen MR) is 83.5 cm³/mol. The number of rotatable bonds is 6. The lowest BCUT2D eigenvalue weighted by Crippen LogP contribution is -2.46. The third-order valence-electron chi connectivity index (χ3n) is 5.07. The Labute approximate surface area is 120 Å². The van der Waals surface area contributed by atoms with Gasteiger partial charge in [0.15, 0.2) is 0 Å². The summed E-state index contributed by atoms with van der Waals surface area (Å²) >= 11 is 0. The molecule has 2 rings (SSSR count). The monoisotopic (exact) mass is 266 g/mol. The topological polar surface area (TPSA) is 15.3 Å². The first kappa shape index (κ1) is 15.3. The molecule has 19 heavy (non-hydrogen) atoms. The standard InChI is InChI=1S/C17H34N2/c1-4-15-7-5-9-17(11-15)19(12-14(2)3)13-16-8-6-10-18-16/h14-18H,4-13H2,1-3H3. The zero-order valence-corrected chi connectivity index (χ0v) is 13.3. The lowest BCUT2D eigenvalue weighted by molar-refractivity contribution is 0.106. The minimum Gasteiger partial charge on any atom is -0.313 e. The maximum Gasteiger partial charge on any atom is 0.0195 e. The van der Waals surface area contributed by atoms with Gasteiger partial charge in [-0.15, -0.1) is 0 Å². The molecule has 0 aromatic heterocycles. The number of nitrogens with one attached hydrogen (secondary N) is 1. The van der Waals surface area contributed by atoms with Gasteiger partial charge >= 0.3 is 0 Å². The summed E-state index contributed by atoms with van der Waals surface area (Å²) in [6.07, 6.45) is 9.97. The van der Waals surface area contributed by atoms with E-state index >= 15 is 0 Å². The van der Waals surface area contributed by atoms with Crippen molar-refractivity contribution in [2.45, 2.75) is 77.8 Å². The summed E-state index contributed by atoms with van der Waals surface area (Å²) in [5, 5.41) is 3.68. The number of hydrogen-bond acceptors (Lipinski definition) is 2. The van der Waals surface area contributed by atoms with Crippen LogP contribution in [0, 0.1) is 11.8 Å². The van der Waals surface area contributed by atoms with Gasteiger partial charge in [-0.25, -0.2) is 0 Å². The van der Waals surface area contributed by atoms with E-state index < -0.39 is 0 Å². The third kappa shape index (κ3) is 4.75. The van der Waals surface area contributed by atoms with Crippen LogP contribution < -0.4 is 5.32 Å². The van der Waals surface area contributed by atoms with E-state index in [-0.39, 0.29) is 0 Å². The van der Waals surface area contributed by atoms with Crippen LogP contribution >= 0.6 is 0 Å². The van der Waals surface area contributed by atoms with Gasteiger partial charge in [0.05, 0.1) is 0 Å². The molecule has 0 radical (unpaired) electrons. The van der Waals surface area contributed by atoms with Gasteiger partial charge in [-0.05, 0) is 44.1 Å². The maximum atomic E-state index is 3.68. The molecule has 1 N–H and O–H groups in total. The third-order valence-corrected chi connectivity index (χ3v) is 5.07. The molecule has 0 amide bonds. The van der Waals surface area contributed by atoms with Crippen molar-refractivity contribution in [2.75, 3.05) is 19.6 Å². The second-order valence-electron chi connectivity index (χ2n) is 7.24. The molecule has 1 aliphatic heterocycles. The maximum absolute atomic E-state index is 3.68. The number of nitrogens with zero attached hydrogens (tertiary/aromatic N) is 1. The Morgan fingerprint density at radius 3 is 2.63 bits per heavy atom. The van der Waals surface area contributed by atoms with Crippen molar-refractivity contribution in [3.8, 4) is 0 Å². The van der Waals surface area contributed by atoms with Crippen LogP contribution in [0.2, 0.25) is 0 Å². The van der Waals surface area contributed by atoms with Crippen LogP contribution in [-0.2, 0) is 0 Å². The molecule has 2 heteroatoms. The van der Waals surface area contributed by atoms with Gasteiger partial charge in [0.25, 0.3) is 0 Å². The summed E-state index contributed by atoms with van der Waals surface area (Å²) in [4.78, 5) is 2.83. The number of hydrogen-bond donors (Lipinski definition) is 1. The van der Waals surface area contributed by atoms with Crippen LogP contribution in [0.4, 0.5) is 0 Å². The summed E-state index contributed by atoms with van der Waals surface area (Å²) in [5.74, 6) is 1.79. The first-order valence-electron chi connectivity index (χ1n) is 8.66. The molecule has 2 aliphatic rings. The lowest BCUT2D eigenvalue weighted by atomic mass is 9.83.